The van der Waals surface area contributed by atoms with Gasteiger partial charge >= 0.3 is 0 Å². The average Bonchev–Trinajstić information content (AvgIpc) is 2.67. The molecule has 0 saturated carbocycles. The Kier molecular flexibility index (Phi) is 8.34. The summed E-state index contributed by atoms with van der Waals surface area (Å²) >= 11 is 0. The van der Waals surface area contributed by atoms with Crippen molar-refractivity contribution in [2.24, 2.45) is 0 Å². The van der Waals surface area contributed by atoms with Gasteiger partial charge in [-0.25, -0.2) is 0 Å². The Balaban J connectivity index is 2.12. The smallest absolute Gasteiger partial charge is 0.221 e. The van der Waals surface area contributed by atoms with Crippen molar-refractivity contribution in [2.45, 2.75) is 74.6 Å². The van der Waals surface area contributed by atoms with Gasteiger partial charge in [-0.15, -0.1) is 0 Å². The van der Waals surface area contributed by atoms with Crippen molar-refractivity contribution in [1.82, 2.24) is 0 Å². The Morgan fingerprint density at radius 2 is 1.74 bits per heavy atom. The van der Waals surface area contributed by atoms with Gasteiger partial charge in [-0.05, 0) is 6.42 Å². The third kappa shape index (κ3) is 4.77. The van der Waals surface area contributed by atoms with Crippen LogP contribution >= 0.6 is 0 Å². The highest BCUT2D eigenvalue weighted by molar-refractivity contribution is 4.96. The molecule has 2 rings (SSSR count). The van der Waals surface area contributed by atoms with E-state index >= 15 is 0 Å². The van der Waals surface area contributed by atoms with Crippen LogP contribution < -0.4 is 0 Å². The predicted molar refractivity (Wildman–Crippen MR) is 87.3 cm³/mol. The lowest BCUT2D eigenvalue weighted by Crippen LogP contribution is -2.67. The summed E-state index contributed by atoms with van der Waals surface area (Å²) in [5, 5.41) is 69.4. The van der Waals surface area contributed by atoms with Crippen LogP contribution in [0.25, 0.3) is 0 Å². The number of hydrogen-bond acceptors (Lipinski definition) is 11. The molecule has 11 nitrogen and oxygen atoms in total. The Morgan fingerprint density at radius 1 is 1.04 bits per heavy atom. The first kappa shape index (κ1) is 22.8. The molecule has 2 aliphatic heterocycles. The normalized spacial score (nSPS) is 45.8. The maximum absolute atomic E-state index is 10.6. The zero-order valence-corrected chi connectivity index (χ0v) is 15.1. The molecule has 0 unspecified atom stereocenters. The van der Waals surface area contributed by atoms with Crippen LogP contribution in [0.2, 0.25) is 0 Å². The van der Waals surface area contributed by atoms with Crippen LogP contribution in [-0.2, 0) is 18.9 Å². The van der Waals surface area contributed by atoms with Crippen LogP contribution in [0.15, 0.2) is 0 Å². The molecule has 0 spiro atoms. The summed E-state index contributed by atoms with van der Waals surface area (Å²) < 4.78 is 21.5. The minimum atomic E-state index is -1.83. The summed E-state index contributed by atoms with van der Waals surface area (Å²) in [4.78, 5) is 0. The lowest BCUT2D eigenvalue weighted by atomic mass is 9.95. The van der Waals surface area contributed by atoms with Gasteiger partial charge in [0.25, 0.3) is 0 Å². The molecule has 27 heavy (non-hydrogen) atoms. The third-order valence-electron chi connectivity index (χ3n) is 4.84. The maximum Gasteiger partial charge on any atom is 0.221 e. The standard InChI is InChI=1S/C16H30O11/c1-2-3-4-24-16(7-18)14(23)13(8(19)6-25-16)27-15-12(22)11(21)10(20)9(5-17)26-15/h8-15,17-23H,2-7H2,1H3/t8-,9-,10+,11+,12-,13-,14+,15+,16-/m1/s1. The first-order valence-electron chi connectivity index (χ1n) is 9.02. The van der Waals surface area contributed by atoms with E-state index < -0.39 is 68.0 Å². The van der Waals surface area contributed by atoms with Crippen LogP contribution in [0.3, 0.4) is 0 Å². The van der Waals surface area contributed by atoms with E-state index in [2.05, 4.69) is 0 Å². The number of aliphatic hydroxyl groups is 7. The zero-order valence-electron chi connectivity index (χ0n) is 15.1. The number of ether oxygens (including phenoxy) is 4. The molecule has 0 aromatic rings. The molecule has 0 aromatic heterocycles. The molecule has 2 saturated heterocycles. The van der Waals surface area contributed by atoms with Gasteiger partial charge in [0.15, 0.2) is 6.29 Å². The SMILES string of the molecule is CCCCO[C@]1(CO)OC[C@@H](O)[C@@H](O[C@@H]2O[C@H](CO)[C@H](O)[C@H](O)[C@H]2O)[C@@H]1O. The second kappa shape index (κ2) is 9.85. The summed E-state index contributed by atoms with van der Waals surface area (Å²) in [5.74, 6) is -1.83. The summed E-state index contributed by atoms with van der Waals surface area (Å²) in [6.07, 6.45) is -10.6. The molecule has 9 atom stereocenters. The molecule has 2 heterocycles. The van der Waals surface area contributed by atoms with Gasteiger partial charge in [0.1, 0.15) is 49.3 Å². The van der Waals surface area contributed by atoms with Gasteiger partial charge in [0, 0.05) is 0 Å². The van der Waals surface area contributed by atoms with Crippen LogP contribution in [-0.4, -0.2) is 117 Å². The molecule has 11 heteroatoms. The van der Waals surface area contributed by atoms with E-state index in [0.717, 1.165) is 6.42 Å². The second-order valence-electron chi connectivity index (χ2n) is 6.79. The van der Waals surface area contributed by atoms with Gasteiger partial charge in [0.2, 0.25) is 5.79 Å². The molecule has 2 fully saturated rings. The van der Waals surface area contributed by atoms with Crippen molar-refractivity contribution in [3.05, 3.63) is 0 Å². The molecule has 160 valence electrons. The monoisotopic (exact) mass is 398 g/mol. The molecule has 0 bridgehead atoms. The summed E-state index contributed by atoms with van der Waals surface area (Å²) in [6, 6.07) is 0. The van der Waals surface area contributed by atoms with E-state index in [4.69, 9.17) is 18.9 Å². The molecule has 0 aliphatic carbocycles. The lowest BCUT2D eigenvalue weighted by molar-refractivity contribution is -0.382. The highest BCUT2D eigenvalue weighted by Gasteiger charge is 2.54. The topological polar surface area (TPSA) is 179 Å². The Hall–Kier alpha value is -0.440. The molecule has 2 aliphatic rings. The quantitative estimate of drug-likeness (QED) is 0.201. The van der Waals surface area contributed by atoms with Gasteiger partial charge in [-0.1, -0.05) is 13.3 Å². The van der Waals surface area contributed by atoms with Gasteiger partial charge < -0.3 is 54.7 Å². The molecule has 0 amide bonds. The third-order valence-corrected chi connectivity index (χ3v) is 4.84. The van der Waals surface area contributed by atoms with Crippen molar-refractivity contribution in [3.8, 4) is 0 Å². The van der Waals surface area contributed by atoms with Crippen molar-refractivity contribution in [1.29, 1.82) is 0 Å². The Bertz CT molecular complexity index is 450. The number of rotatable bonds is 8. The van der Waals surface area contributed by atoms with Gasteiger partial charge in [-0.3, -0.25) is 0 Å². The zero-order chi connectivity index (χ0) is 20.2. The summed E-state index contributed by atoms with van der Waals surface area (Å²) in [6.45, 7) is 0.439. The molecule has 7 N–H and O–H groups in total. The number of unbranched alkanes of at least 4 members (excludes halogenated alkanes) is 1. The van der Waals surface area contributed by atoms with Crippen LogP contribution in [0.5, 0.6) is 0 Å². The van der Waals surface area contributed by atoms with E-state index in [1.54, 1.807) is 0 Å². The fourth-order valence-corrected chi connectivity index (χ4v) is 3.07. The van der Waals surface area contributed by atoms with Crippen LogP contribution in [0.1, 0.15) is 19.8 Å². The molecule has 0 aromatic carbocycles. The number of hydrogen-bond donors (Lipinski definition) is 7. The molecule has 0 radical (unpaired) electrons. The highest BCUT2D eigenvalue weighted by atomic mass is 16.7. The van der Waals surface area contributed by atoms with E-state index in [9.17, 15) is 35.7 Å². The summed E-state index contributed by atoms with van der Waals surface area (Å²) in [5.41, 5.74) is 0. The second-order valence-corrected chi connectivity index (χ2v) is 6.79. The fraction of sp³-hybridized carbons (Fsp3) is 1.00. The molecular weight excluding hydrogens is 368 g/mol. The van der Waals surface area contributed by atoms with Gasteiger partial charge in [-0.2, -0.15) is 0 Å². The maximum atomic E-state index is 10.6. The van der Waals surface area contributed by atoms with Crippen LogP contribution in [0, 0.1) is 0 Å². The van der Waals surface area contributed by atoms with Gasteiger partial charge in [0.05, 0.1) is 19.8 Å². The predicted octanol–water partition coefficient (Wildman–Crippen LogP) is -3.57. The first-order chi connectivity index (χ1) is 12.8. The minimum absolute atomic E-state index is 0.191. The molecular formula is C16H30O11. The Morgan fingerprint density at radius 3 is 2.33 bits per heavy atom. The van der Waals surface area contributed by atoms with E-state index in [0.29, 0.717) is 6.42 Å². The van der Waals surface area contributed by atoms with E-state index in [1.165, 1.54) is 0 Å². The van der Waals surface area contributed by atoms with E-state index in [-0.39, 0.29) is 13.2 Å². The summed E-state index contributed by atoms with van der Waals surface area (Å²) in [7, 11) is 0. The highest BCUT2D eigenvalue weighted by Crippen LogP contribution is 2.32. The van der Waals surface area contributed by atoms with Crippen molar-refractivity contribution in [3.63, 3.8) is 0 Å². The average molecular weight is 398 g/mol. The lowest BCUT2D eigenvalue weighted by Gasteiger charge is -2.47. The van der Waals surface area contributed by atoms with Crippen molar-refractivity contribution >= 4 is 0 Å². The number of aliphatic hydroxyl groups excluding tert-OH is 7. The minimum Gasteiger partial charge on any atom is -0.394 e. The van der Waals surface area contributed by atoms with Crippen molar-refractivity contribution in [2.75, 3.05) is 26.4 Å². The Labute approximate surface area is 156 Å². The largest absolute Gasteiger partial charge is 0.394 e. The van der Waals surface area contributed by atoms with E-state index in [1.807, 2.05) is 6.92 Å². The first-order valence-corrected chi connectivity index (χ1v) is 9.02. The van der Waals surface area contributed by atoms with Crippen LogP contribution in [0.4, 0.5) is 0 Å². The van der Waals surface area contributed by atoms with Crippen molar-refractivity contribution < 1.29 is 54.7 Å². The fourth-order valence-electron chi connectivity index (χ4n) is 3.07.